The molecule has 0 fully saturated rings. The van der Waals surface area contributed by atoms with Crippen LogP contribution >= 0.6 is 11.6 Å². The van der Waals surface area contributed by atoms with Gasteiger partial charge in [0.2, 0.25) is 0 Å². The van der Waals surface area contributed by atoms with E-state index < -0.39 is 5.91 Å². The van der Waals surface area contributed by atoms with Crippen molar-refractivity contribution in [3.8, 4) is 17.2 Å². The molecular weight excluding hydrogens is 392 g/mol. The average Bonchev–Trinajstić information content (AvgIpc) is 3.16. The number of hydrogen-bond acceptors (Lipinski definition) is 5. The van der Waals surface area contributed by atoms with Crippen LogP contribution < -0.4 is 14.8 Å². The van der Waals surface area contributed by atoms with E-state index in [-0.39, 0.29) is 5.56 Å². The summed E-state index contributed by atoms with van der Waals surface area (Å²) in [4.78, 5) is 14.4. The lowest BCUT2D eigenvalue weighted by atomic mass is 10.1. The standard InChI is InChI=1S/C21H17ClN4O3/c1-28-18-9-6-10-19(29-2)20(18)21(27)23-15-12-17-16(11-14(15)22)24-26(25-17)13-7-4-3-5-8-13/h3-12H,1-2H3,(H,23,27). The van der Waals surface area contributed by atoms with Crippen molar-refractivity contribution in [1.29, 1.82) is 0 Å². The number of carbonyl (C=O) groups is 1. The minimum Gasteiger partial charge on any atom is -0.496 e. The zero-order valence-corrected chi connectivity index (χ0v) is 16.5. The second kappa shape index (κ2) is 7.81. The summed E-state index contributed by atoms with van der Waals surface area (Å²) < 4.78 is 10.6. The Balaban J connectivity index is 1.70. The largest absolute Gasteiger partial charge is 0.496 e. The number of nitrogens with zero attached hydrogens (tertiary/aromatic N) is 3. The maximum atomic E-state index is 12.9. The number of carbonyl (C=O) groups excluding carboxylic acids is 1. The van der Waals surface area contributed by atoms with E-state index in [9.17, 15) is 4.79 Å². The number of halogens is 1. The molecule has 7 nitrogen and oxygen atoms in total. The first-order valence-electron chi connectivity index (χ1n) is 8.75. The first-order valence-corrected chi connectivity index (χ1v) is 9.13. The van der Waals surface area contributed by atoms with Gasteiger partial charge in [0.05, 0.1) is 30.6 Å². The Morgan fingerprint density at radius 3 is 2.17 bits per heavy atom. The van der Waals surface area contributed by atoms with E-state index in [4.69, 9.17) is 21.1 Å². The molecule has 1 amide bonds. The third-order valence-electron chi connectivity index (χ3n) is 4.36. The van der Waals surface area contributed by atoms with E-state index in [2.05, 4.69) is 15.5 Å². The fourth-order valence-electron chi connectivity index (χ4n) is 2.97. The summed E-state index contributed by atoms with van der Waals surface area (Å²) in [6.45, 7) is 0. The molecule has 0 aliphatic carbocycles. The van der Waals surface area contributed by atoms with Crippen LogP contribution in [0, 0.1) is 0 Å². The number of methoxy groups -OCH3 is 2. The highest BCUT2D eigenvalue weighted by atomic mass is 35.5. The number of para-hydroxylation sites is 1. The molecule has 0 aliphatic rings. The van der Waals surface area contributed by atoms with Crippen molar-refractivity contribution in [3.63, 3.8) is 0 Å². The molecule has 1 heterocycles. The van der Waals surface area contributed by atoms with E-state index in [1.807, 2.05) is 30.3 Å². The molecule has 1 N–H and O–H groups in total. The lowest BCUT2D eigenvalue weighted by Crippen LogP contribution is -2.15. The number of anilines is 1. The van der Waals surface area contributed by atoms with Crippen LogP contribution in [0.1, 0.15) is 10.4 Å². The Morgan fingerprint density at radius 2 is 1.55 bits per heavy atom. The second-order valence-corrected chi connectivity index (χ2v) is 6.54. The summed E-state index contributed by atoms with van der Waals surface area (Å²) in [5, 5.41) is 12.1. The molecule has 3 aromatic carbocycles. The first-order chi connectivity index (χ1) is 14.1. The highest BCUT2D eigenvalue weighted by Gasteiger charge is 2.20. The Bertz CT molecular complexity index is 1170. The van der Waals surface area contributed by atoms with Gasteiger partial charge in [-0.1, -0.05) is 35.9 Å². The van der Waals surface area contributed by atoms with Gasteiger partial charge in [-0.15, -0.1) is 10.2 Å². The minimum atomic E-state index is -0.406. The maximum absolute atomic E-state index is 12.9. The van der Waals surface area contributed by atoms with Gasteiger partial charge in [0.25, 0.3) is 5.91 Å². The molecule has 146 valence electrons. The quantitative estimate of drug-likeness (QED) is 0.531. The number of amides is 1. The van der Waals surface area contributed by atoms with Gasteiger partial charge in [0.1, 0.15) is 28.1 Å². The molecule has 0 aliphatic heterocycles. The first kappa shape index (κ1) is 18.8. The summed E-state index contributed by atoms with van der Waals surface area (Å²) in [6, 6.07) is 18.0. The van der Waals surface area contributed by atoms with E-state index >= 15 is 0 Å². The zero-order valence-electron chi connectivity index (χ0n) is 15.7. The van der Waals surface area contributed by atoms with Crippen molar-refractivity contribution in [2.45, 2.75) is 0 Å². The molecule has 0 saturated carbocycles. The van der Waals surface area contributed by atoms with Gasteiger partial charge in [-0.2, -0.15) is 4.80 Å². The third kappa shape index (κ3) is 3.60. The molecule has 0 radical (unpaired) electrons. The number of hydrogen-bond donors (Lipinski definition) is 1. The van der Waals surface area contributed by atoms with Crippen LogP contribution in [0.3, 0.4) is 0 Å². The number of ether oxygens (including phenoxy) is 2. The Labute approximate surface area is 171 Å². The molecule has 0 spiro atoms. The van der Waals surface area contributed by atoms with Gasteiger partial charge in [0, 0.05) is 0 Å². The predicted octanol–water partition coefficient (Wildman–Crippen LogP) is 4.34. The van der Waals surface area contributed by atoms with Crippen molar-refractivity contribution in [1.82, 2.24) is 15.0 Å². The van der Waals surface area contributed by atoms with E-state index in [1.165, 1.54) is 19.0 Å². The van der Waals surface area contributed by atoms with Crippen LogP contribution in [0.25, 0.3) is 16.7 Å². The van der Waals surface area contributed by atoms with Crippen LogP contribution in [-0.2, 0) is 0 Å². The van der Waals surface area contributed by atoms with Crippen molar-refractivity contribution in [3.05, 3.63) is 71.2 Å². The number of benzene rings is 3. The van der Waals surface area contributed by atoms with E-state index in [0.717, 1.165) is 5.69 Å². The highest BCUT2D eigenvalue weighted by molar-refractivity contribution is 6.34. The average molecular weight is 409 g/mol. The zero-order chi connectivity index (χ0) is 20.4. The molecule has 8 heteroatoms. The molecule has 4 rings (SSSR count). The van der Waals surface area contributed by atoms with Crippen molar-refractivity contribution in [2.24, 2.45) is 0 Å². The lowest BCUT2D eigenvalue weighted by molar-refractivity contribution is 0.102. The van der Waals surface area contributed by atoms with Crippen molar-refractivity contribution in [2.75, 3.05) is 19.5 Å². The van der Waals surface area contributed by atoms with Gasteiger partial charge in [-0.3, -0.25) is 4.79 Å². The molecule has 0 atom stereocenters. The van der Waals surface area contributed by atoms with Crippen LogP contribution in [0.4, 0.5) is 5.69 Å². The molecule has 4 aromatic rings. The molecular formula is C21H17ClN4O3. The topological polar surface area (TPSA) is 78.3 Å². The fraction of sp³-hybridized carbons (Fsp3) is 0.0952. The Hall–Kier alpha value is -3.58. The van der Waals surface area contributed by atoms with Crippen LogP contribution in [-0.4, -0.2) is 35.1 Å². The number of rotatable bonds is 5. The molecule has 29 heavy (non-hydrogen) atoms. The normalized spacial score (nSPS) is 10.7. The highest BCUT2D eigenvalue weighted by Crippen LogP contribution is 2.31. The van der Waals surface area contributed by atoms with Gasteiger partial charge in [0.15, 0.2) is 0 Å². The van der Waals surface area contributed by atoms with Crippen molar-refractivity contribution >= 4 is 34.2 Å². The van der Waals surface area contributed by atoms with Crippen LogP contribution in [0.2, 0.25) is 5.02 Å². The van der Waals surface area contributed by atoms with Gasteiger partial charge in [-0.05, 0) is 36.4 Å². The summed E-state index contributed by atoms with van der Waals surface area (Å²) in [5.74, 6) is 0.388. The van der Waals surface area contributed by atoms with Crippen LogP contribution in [0.15, 0.2) is 60.7 Å². The van der Waals surface area contributed by atoms with E-state index in [1.54, 1.807) is 30.3 Å². The molecule has 0 bridgehead atoms. The third-order valence-corrected chi connectivity index (χ3v) is 4.67. The Kier molecular flexibility index (Phi) is 5.05. The minimum absolute atomic E-state index is 0.279. The summed E-state index contributed by atoms with van der Waals surface area (Å²) >= 11 is 6.38. The number of nitrogens with one attached hydrogen (secondary N) is 1. The molecule has 0 unspecified atom stereocenters. The predicted molar refractivity (Wildman–Crippen MR) is 111 cm³/mol. The lowest BCUT2D eigenvalue weighted by Gasteiger charge is -2.13. The van der Waals surface area contributed by atoms with E-state index in [0.29, 0.717) is 33.2 Å². The summed E-state index contributed by atoms with van der Waals surface area (Å²) in [7, 11) is 2.99. The summed E-state index contributed by atoms with van der Waals surface area (Å²) in [5.41, 5.74) is 2.73. The fourth-order valence-corrected chi connectivity index (χ4v) is 3.18. The molecule has 0 saturated heterocycles. The SMILES string of the molecule is COc1cccc(OC)c1C(=O)Nc1cc2nn(-c3ccccc3)nc2cc1Cl. The Morgan fingerprint density at radius 1 is 0.931 bits per heavy atom. The number of aromatic nitrogens is 3. The van der Waals surface area contributed by atoms with Gasteiger partial charge in [-0.25, -0.2) is 0 Å². The maximum Gasteiger partial charge on any atom is 0.263 e. The smallest absolute Gasteiger partial charge is 0.263 e. The van der Waals surface area contributed by atoms with Crippen molar-refractivity contribution < 1.29 is 14.3 Å². The monoisotopic (exact) mass is 408 g/mol. The van der Waals surface area contributed by atoms with Gasteiger partial charge < -0.3 is 14.8 Å². The number of fused-ring (bicyclic) bond motifs is 1. The molecule has 1 aromatic heterocycles. The van der Waals surface area contributed by atoms with Gasteiger partial charge >= 0.3 is 0 Å². The summed E-state index contributed by atoms with van der Waals surface area (Å²) in [6.07, 6.45) is 0. The second-order valence-electron chi connectivity index (χ2n) is 6.14. The van der Waals surface area contributed by atoms with Crippen LogP contribution in [0.5, 0.6) is 11.5 Å².